The molecule has 2 aliphatic heterocycles. The minimum Gasteiger partial charge on any atom is -0.392 e. The molecule has 0 spiro atoms. The second-order valence-electron chi connectivity index (χ2n) is 15.1. The number of fused-ring (bicyclic) bond motifs is 6. The van der Waals surface area contributed by atoms with E-state index in [0.717, 1.165) is 78.3 Å². The van der Waals surface area contributed by atoms with Crippen LogP contribution in [0, 0.1) is 19.7 Å². The highest BCUT2D eigenvalue weighted by atomic mass is 35.5. The zero-order valence-electron chi connectivity index (χ0n) is 33.7. The van der Waals surface area contributed by atoms with Gasteiger partial charge in [0.05, 0.1) is 40.5 Å². The van der Waals surface area contributed by atoms with E-state index in [0.29, 0.717) is 28.1 Å². The number of aliphatic hydroxyl groups excluding tert-OH is 1. The van der Waals surface area contributed by atoms with E-state index in [1.807, 2.05) is 80.6 Å². The number of aliphatic hydroxyl groups is 1. The van der Waals surface area contributed by atoms with E-state index in [4.69, 9.17) is 36.4 Å². The summed E-state index contributed by atoms with van der Waals surface area (Å²) in [6.45, 7) is 6.75. The normalized spacial score (nSPS) is 15.1. The van der Waals surface area contributed by atoms with Gasteiger partial charge in [0.15, 0.2) is 11.5 Å². The molecule has 3 aromatic heterocycles. The van der Waals surface area contributed by atoms with E-state index in [9.17, 15) is 19.1 Å². The summed E-state index contributed by atoms with van der Waals surface area (Å²) in [7, 11) is 0. The van der Waals surface area contributed by atoms with Crippen molar-refractivity contribution in [1.29, 1.82) is 0 Å². The van der Waals surface area contributed by atoms with Crippen LogP contribution in [0.5, 0.6) is 0 Å². The molecule has 0 aliphatic carbocycles. The molecule has 9 rings (SSSR count). The number of carbonyl (C=O) groups is 2. The first-order chi connectivity index (χ1) is 29.4. The summed E-state index contributed by atoms with van der Waals surface area (Å²) < 4.78 is 25.0. The Bertz CT molecular complexity index is 2860. The van der Waals surface area contributed by atoms with Gasteiger partial charge in [-0.3, -0.25) is 19.6 Å². The number of halogens is 2. The molecule has 0 bridgehead atoms. The van der Waals surface area contributed by atoms with Crippen LogP contribution in [0.2, 0.25) is 5.02 Å². The molecule has 11 nitrogen and oxygen atoms in total. The van der Waals surface area contributed by atoms with Crippen LogP contribution in [0.4, 0.5) is 10.2 Å². The van der Waals surface area contributed by atoms with Gasteiger partial charge >= 0.3 is 0 Å². The van der Waals surface area contributed by atoms with Gasteiger partial charge in [-0.05, 0) is 111 Å². The third kappa shape index (κ3) is 8.32. The van der Waals surface area contributed by atoms with Crippen LogP contribution < -0.4 is 5.73 Å². The number of aryl methyl sites for hydroxylation is 2. The molecule has 0 saturated heterocycles. The predicted octanol–water partition coefficient (Wildman–Crippen LogP) is 9.97. The molecule has 0 saturated carbocycles. The summed E-state index contributed by atoms with van der Waals surface area (Å²) in [6, 6.07) is 28.0. The molecule has 0 fully saturated rings. The number of rotatable bonds is 8. The van der Waals surface area contributed by atoms with Crippen LogP contribution in [-0.4, -0.2) is 43.4 Å². The van der Waals surface area contributed by atoms with Crippen molar-refractivity contribution in [2.75, 3.05) is 5.73 Å². The van der Waals surface area contributed by atoms with E-state index in [1.54, 1.807) is 31.3 Å². The maximum atomic E-state index is 13.7. The molecular weight excluding hydrogens is 795 g/mol. The van der Waals surface area contributed by atoms with Crippen molar-refractivity contribution >= 4 is 40.4 Å². The lowest BCUT2D eigenvalue weighted by Gasteiger charge is -2.13. The Morgan fingerprint density at radius 2 is 1.16 bits per heavy atom. The number of anilines is 1. The number of nitrogens with two attached hydrogens (primary N) is 1. The second-order valence-corrected chi connectivity index (χ2v) is 15.5. The highest BCUT2D eigenvalue weighted by Gasteiger charge is 2.33. The van der Waals surface area contributed by atoms with Crippen LogP contribution >= 0.6 is 11.6 Å². The zero-order chi connectivity index (χ0) is 42.9. The number of pyridine rings is 1. The SMILES string of the molecule is CC(=O)C[C@@H]1N=C(c2ccc(Cl)cc2)c2cc(CO)ccc2-c2c(C)noc21.CC(=O)C[C@@H]1N=C(c2ccc(F)cc2)c2cc(-c3ccc(N)nc3)ccc2-c2c(C)noc21. The summed E-state index contributed by atoms with van der Waals surface area (Å²) in [4.78, 5) is 38.1. The largest absolute Gasteiger partial charge is 0.392 e. The fourth-order valence-electron chi connectivity index (χ4n) is 7.77. The van der Waals surface area contributed by atoms with Crippen molar-refractivity contribution in [3.63, 3.8) is 0 Å². The number of carbonyl (C=O) groups excluding carboxylic acids is 2. The molecule has 0 radical (unpaired) electrons. The molecule has 61 heavy (non-hydrogen) atoms. The van der Waals surface area contributed by atoms with Crippen LogP contribution in [0.1, 0.15) is 89.5 Å². The molecule has 3 N–H and O–H groups in total. The van der Waals surface area contributed by atoms with Crippen molar-refractivity contribution in [3.8, 4) is 33.4 Å². The van der Waals surface area contributed by atoms with E-state index in [1.165, 1.54) is 19.1 Å². The quantitative estimate of drug-likeness (QED) is 0.151. The van der Waals surface area contributed by atoms with Gasteiger partial charge in [0.2, 0.25) is 0 Å². The van der Waals surface area contributed by atoms with Crippen LogP contribution in [0.25, 0.3) is 33.4 Å². The lowest BCUT2D eigenvalue weighted by atomic mass is 9.90. The number of ketones is 2. The van der Waals surface area contributed by atoms with Crippen molar-refractivity contribution in [3.05, 3.63) is 165 Å². The minimum absolute atomic E-state index is 0.0122. The number of aromatic nitrogens is 3. The van der Waals surface area contributed by atoms with Gasteiger partial charge in [0.25, 0.3) is 0 Å². The van der Waals surface area contributed by atoms with Gasteiger partial charge in [-0.1, -0.05) is 58.3 Å². The molecular formula is C48H40ClFN6O5. The number of benzene rings is 4. The van der Waals surface area contributed by atoms with Crippen molar-refractivity contribution in [2.24, 2.45) is 9.98 Å². The summed E-state index contributed by atoms with van der Waals surface area (Å²) in [5.74, 6) is 1.27. The van der Waals surface area contributed by atoms with Gasteiger partial charge in [0.1, 0.15) is 35.3 Å². The lowest BCUT2D eigenvalue weighted by molar-refractivity contribution is -0.118. The lowest BCUT2D eigenvalue weighted by Crippen LogP contribution is -2.08. The molecule has 7 aromatic rings. The van der Waals surface area contributed by atoms with E-state index in [2.05, 4.69) is 15.3 Å². The number of nitrogens with zero attached hydrogens (tertiary/aromatic N) is 5. The van der Waals surface area contributed by atoms with Gasteiger partial charge in [0, 0.05) is 51.9 Å². The number of hydrogen-bond donors (Lipinski definition) is 2. The van der Waals surface area contributed by atoms with Gasteiger partial charge in [-0.25, -0.2) is 9.37 Å². The maximum Gasteiger partial charge on any atom is 0.169 e. The molecule has 5 heterocycles. The second kappa shape index (κ2) is 17.0. The Balaban J connectivity index is 0.000000171. The van der Waals surface area contributed by atoms with Crippen molar-refractivity contribution in [1.82, 2.24) is 15.3 Å². The van der Waals surface area contributed by atoms with Crippen molar-refractivity contribution < 1.29 is 28.1 Å². The van der Waals surface area contributed by atoms with E-state index >= 15 is 0 Å². The Hall–Kier alpha value is -6.89. The molecule has 4 aromatic carbocycles. The zero-order valence-corrected chi connectivity index (χ0v) is 34.5. The monoisotopic (exact) mass is 834 g/mol. The number of Topliss-reactive ketones (excluding diaryl/α,β-unsaturated/α-hetero) is 2. The fraction of sp³-hybridized carbons (Fsp3) is 0.188. The smallest absolute Gasteiger partial charge is 0.169 e. The van der Waals surface area contributed by atoms with Crippen molar-refractivity contribution in [2.45, 2.75) is 59.2 Å². The topological polar surface area (TPSA) is 170 Å². The van der Waals surface area contributed by atoms with Crippen LogP contribution in [-0.2, 0) is 16.2 Å². The first-order valence-electron chi connectivity index (χ1n) is 19.6. The first-order valence-corrected chi connectivity index (χ1v) is 20.0. The third-order valence-electron chi connectivity index (χ3n) is 10.6. The van der Waals surface area contributed by atoms with E-state index in [-0.39, 0.29) is 36.8 Å². The minimum atomic E-state index is -0.534. The third-order valence-corrected chi connectivity index (χ3v) is 10.9. The first kappa shape index (κ1) is 40.9. The number of nitrogen functional groups attached to an aromatic ring is 1. The molecule has 0 unspecified atom stereocenters. The molecule has 0 amide bonds. The Morgan fingerprint density at radius 1 is 0.672 bits per heavy atom. The molecule has 306 valence electrons. The Morgan fingerprint density at radius 3 is 1.67 bits per heavy atom. The number of aliphatic imine (C=N–C) groups is 2. The van der Waals surface area contributed by atoms with E-state index < -0.39 is 12.1 Å². The van der Waals surface area contributed by atoms with Crippen LogP contribution in [0.3, 0.4) is 0 Å². The molecule has 2 aliphatic rings. The summed E-state index contributed by atoms with van der Waals surface area (Å²) >= 11 is 6.06. The molecule has 13 heteroatoms. The predicted molar refractivity (Wildman–Crippen MR) is 232 cm³/mol. The van der Waals surface area contributed by atoms with Gasteiger partial charge < -0.3 is 19.9 Å². The standard InChI is InChI=1S/C26H21FN4O2.C22H19ClN2O3/c1-14(32)11-22-26-24(15(2)31-33-26)20-9-5-17(18-6-10-23(28)29-13-18)12-21(20)25(30-22)16-3-7-19(27)8-4-16;1-12(27)9-19-22-20(13(2)25-28-22)17-8-3-14(11-26)10-18(17)21(24-19)15-4-6-16(23)7-5-15/h3-10,12-13,22H,11H2,1-2H3,(H2,28,29);3-8,10,19,26H,9,11H2,1-2H3/t22-;19-/m00/s1. The number of hydrogen-bond acceptors (Lipinski definition) is 11. The summed E-state index contributed by atoms with van der Waals surface area (Å²) in [5, 5.41) is 18.6. The highest BCUT2D eigenvalue weighted by Crippen LogP contribution is 2.43. The average molecular weight is 835 g/mol. The maximum absolute atomic E-state index is 13.7. The fourth-order valence-corrected chi connectivity index (χ4v) is 7.89. The van der Waals surface area contributed by atoms with Crippen LogP contribution in [0.15, 0.2) is 122 Å². The Labute approximate surface area is 355 Å². The summed E-state index contributed by atoms with van der Waals surface area (Å²) in [5.41, 5.74) is 18.1. The highest BCUT2D eigenvalue weighted by molar-refractivity contribution is 6.30. The average Bonchev–Trinajstić information content (AvgIpc) is 3.75. The van der Waals surface area contributed by atoms with Gasteiger partial charge in [-0.15, -0.1) is 0 Å². The Kier molecular flexibility index (Phi) is 11.4. The van der Waals surface area contributed by atoms with Gasteiger partial charge in [-0.2, -0.15) is 0 Å². The molecule has 2 atom stereocenters. The summed E-state index contributed by atoms with van der Waals surface area (Å²) in [6.07, 6.45) is 2.12.